The van der Waals surface area contributed by atoms with Crippen molar-refractivity contribution in [1.82, 2.24) is 10.2 Å². The van der Waals surface area contributed by atoms with Gasteiger partial charge in [-0.25, -0.2) is 0 Å². The predicted molar refractivity (Wildman–Crippen MR) is 71.7 cm³/mol. The van der Waals surface area contributed by atoms with Gasteiger partial charge in [-0.05, 0) is 51.6 Å². The fraction of sp³-hybridized carbons (Fsp3) is 1.00. The van der Waals surface area contributed by atoms with Gasteiger partial charge >= 0.3 is 0 Å². The average Bonchev–Trinajstić information content (AvgIpc) is 2.74. The monoisotopic (exact) mass is 226 g/mol. The van der Waals surface area contributed by atoms with Crippen LogP contribution in [0.3, 0.4) is 0 Å². The van der Waals surface area contributed by atoms with Crippen molar-refractivity contribution in [1.29, 1.82) is 0 Å². The minimum atomic E-state index is 0.617. The van der Waals surface area contributed by atoms with Crippen molar-refractivity contribution in [2.24, 2.45) is 11.8 Å². The third-order valence-electron chi connectivity index (χ3n) is 4.21. The topological polar surface area (TPSA) is 15.3 Å². The molecule has 0 aromatic heterocycles. The largest absolute Gasteiger partial charge is 0.313 e. The normalized spacial score (nSPS) is 26.2. The smallest absolute Gasteiger partial charge is 0.0218 e. The van der Waals surface area contributed by atoms with Crippen LogP contribution in [0.4, 0.5) is 0 Å². The second-order valence-electron chi connectivity index (χ2n) is 5.77. The molecule has 0 amide bonds. The highest BCUT2D eigenvalue weighted by Gasteiger charge is 2.29. The highest BCUT2D eigenvalue weighted by Crippen LogP contribution is 2.25. The maximum Gasteiger partial charge on any atom is 0.0218 e. The summed E-state index contributed by atoms with van der Waals surface area (Å²) in [4.78, 5) is 2.66. The molecule has 0 bridgehead atoms. The Kier molecular flexibility index (Phi) is 5.77. The van der Waals surface area contributed by atoms with E-state index in [1.54, 1.807) is 0 Å². The highest BCUT2D eigenvalue weighted by atomic mass is 15.2. The zero-order chi connectivity index (χ0) is 12.1. The Morgan fingerprint density at radius 2 is 1.94 bits per heavy atom. The molecule has 1 rings (SSSR count). The Hall–Kier alpha value is -0.0800. The molecule has 3 atom stereocenters. The predicted octanol–water partition coefficient (Wildman–Crippen LogP) is 2.74. The van der Waals surface area contributed by atoms with Gasteiger partial charge in [0.05, 0.1) is 0 Å². The first-order valence-electron chi connectivity index (χ1n) is 7.03. The first-order chi connectivity index (χ1) is 7.56. The van der Waals surface area contributed by atoms with E-state index >= 15 is 0 Å². The van der Waals surface area contributed by atoms with Gasteiger partial charge in [0.1, 0.15) is 0 Å². The lowest BCUT2D eigenvalue weighted by atomic mass is 9.95. The van der Waals surface area contributed by atoms with Gasteiger partial charge < -0.3 is 5.32 Å². The van der Waals surface area contributed by atoms with Crippen LogP contribution in [0, 0.1) is 11.8 Å². The van der Waals surface area contributed by atoms with Crippen LogP contribution in [0.15, 0.2) is 0 Å². The second kappa shape index (κ2) is 6.61. The number of nitrogens with one attached hydrogen (secondary N) is 1. The molecule has 0 spiro atoms. The summed E-state index contributed by atoms with van der Waals surface area (Å²) in [5, 5.41) is 3.61. The van der Waals surface area contributed by atoms with E-state index in [-0.39, 0.29) is 0 Å². The number of rotatable bonds is 6. The van der Waals surface area contributed by atoms with E-state index in [0.29, 0.717) is 12.1 Å². The van der Waals surface area contributed by atoms with E-state index in [4.69, 9.17) is 0 Å². The summed E-state index contributed by atoms with van der Waals surface area (Å²) >= 11 is 0. The van der Waals surface area contributed by atoms with Gasteiger partial charge in [0, 0.05) is 18.6 Å². The molecule has 3 unspecified atom stereocenters. The highest BCUT2D eigenvalue weighted by molar-refractivity contribution is 4.85. The fourth-order valence-electron chi connectivity index (χ4n) is 2.59. The average molecular weight is 226 g/mol. The summed E-state index contributed by atoms with van der Waals surface area (Å²) in [6.45, 7) is 15.4. The molecule has 0 saturated carbocycles. The molecular formula is C14H30N2. The lowest BCUT2D eigenvalue weighted by Gasteiger charge is -2.30. The van der Waals surface area contributed by atoms with Crippen LogP contribution in [-0.2, 0) is 0 Å². The van der Waals surface area contributed by atoms with Gasteiger partial charge in [-0.3, -0.25) is 4.90 Å². The maximum atomic E-state index is 3.61. The molecule has 1 aliphatic rings. The molecule has 16 heavy (non-hydrogen) atoms. The van der Waals surface area contributed by atoms with Crippen LogP contribution in [0.2, 0.25) is 0 Å². The van der Waals surface area contributed by atoms with Gasteiger partial charge in [-0.15, -0.1) is 0 Å². The second-order valence-corrected chi connectivity index (χ2v) is 5.77. The fourth-order valence-corrected chi connectivity index (χ4v) is 2.59. The van der Waals surface area contributed by atoms with Crippen LogP contribution in [0.25, 0.3) is 0 Å². The summed E-state index contributed by atoms with van der Waals surface area (Å²) in [5.74, 6) is 1.76. The quantitative estimate of drug-likeness (QED) is 0.749. The van der Waals surface area contributed by atoms with E-state index in [1.165, 1.54) is 25.9 Å². The van der Waals surface area contributed by atoms with Crippen LogP contribution >= 0.6 is 0 Å². The summed E-state index contributed by atoms with van der Waals surface area (Å²) in [6, 6.07) is 1.29. The van der Waals surface area contributed by atoms with Gasteiger partial charge in [-0.1, -0.05) is 20.8 Å². The number of nitrogens with zero attached hydrogens (tertiary/aromatic N) is 1. The third-order valence-corrected chi connectivity index (χ3v) is 4.21. The van der Waals surface area contributed by atoms with Gasteiger partial charge in [0.15, 0.2) is 0 Å². The maximum absolute atomic E-state index is 3.61. The van der Waals surface area contributed by atoms with Crippen LogP contribution in [0.1, 0.15) is 47.5 Å². The Bertz CT molecular complexity index is 191. The minimum absolute atomic E-state index is 0.617. The SMILES string of the molecule is CCCNC(C)C(C)N1CCC(C(C)C)C1. The molecule has 0 aromatic carbocycles. The number of hydrogen-bond acceptors (Lipinski definition) is 2. The van der Waals surface area contributed by atoms with Gasteiger partial charge in [0.2, 0.25) is 0 Å². The molecule has 0 radical (unpaired) electrons. The van der Waals surface area contributed by atoms with E-state index in [2.05, 4.69) is 44.8 Å². The molecule has 2 heteroatoms. The van der Waals surface area contributed by atoms with Crippen LogP contribution in [0.5, 0.6) is 0 Å². The standard InChI is InChI=1S/C14H30N2/c1-6-8-15-12(4)13(5)16-9-7-14(10-16)11(2)3/h11-15H,6-10H2,1-5H3. The van der Waals surface area contributed by atoms with Crippen molar-refractivity contribution >= 4 is 0 Å². The summed E-state index contributed by atoms with van der Waals surface area (Å²) < 4.78 is 0. The Labute approximate surface area is 102 Å². The van der Waals surface area contributed by atoms with Crippen LogP contribution < -0.4 is 5.32 Å². The molecule has 1 N–H and O–H groups in total. The zero-order valence-corrected chi connectivity index (χ0v) is 11.8. The molecule has 1 aliphatic heterocycles. The van der Waals surface area contributed by atoms with E-state index < -0.39 is 0 Å². The molecule has 2 nitrogen and oxygen atoms in total. The molecular weight excluding hydrogens is 196 g/mol. The molecule has 1 fully saturated rings. The number of likely N-dealkylation sites (tertiary alicyclic amines) is 1. The third kappa shape index (κ3) is 3.74. The summed E-state index contributed by atoms with van der Waals surface area (Å²) in [7, 11) is 0. The molecule has 1 heterocycles. The molecule has 96 valence electrons. The lowest BCUT2D eigenvalue weighted by Crippen LogP contribution is -2.46. The van der Waals surface area contributed by atoms with Gasteiger partial charge in [0.25, 0.3) is 0 Å². The van der Waals surface area contributed by atoms with Crippen molar-refractivity contribution in [3.8, 4) is 0 Å². The Balaban J connectivity index is 2.35. The molecule has 0 aromatic rings. The van der Waals surface area contributed by atoms with Gasteiger partial charge in [-0.2, -0.15) is 0 Å². The molecule has 1 saturated heterocycles. The van der Waals surface area contributed by atoms with Crippen molar-refractivity contribution in [2.75, 3.05) is 19.6 Å². The van der Waals surface area contributed by atoms with Crippen molar-refractivity contribution in [2.45, 2.75) is 59.5 Å². The lowest BCUT2D eigenvalue weighted by molar-refractivity contribution is 0.200. The summed E-state index contributed by atoms with van der Waals surface area (Å²) in [6.07, 6.45) is 2.62. The Morgan fingerprint density at radius 1 is 1.25 bits per heavy atom. The summed E-state index contributed by atoms with van der Waals surface area (Å²) in [5.41, 5.74) is 0. The molecule has 0 aliphatic carbocycles. The van der Waals surface area contributed by atoms with Crippen LogP contribution in [-0.4, -0.2) is 36.6 Å². The van der Waals surface area contributed by atoms with Crippen molar-refractivity contribution in [3.05, 3.63) is 0 Å². The number of hydrogen-bond donors (Lipinski definition) is 1. The van der Waals surface area contributed by atoms with Crippen molar-refractivity contribution < 1.29 is 0 Å². The van der Waals surface area contributed by atoms with E-state index in [9.17, 15) is 0 Å². The minimum Gasteiger partial charge on any atom is -0.313 e. The zero-order valence-electron chi connectivity index (χ0n) is 11.8. The first kappa shape index (κ1) is 14.0. The Morgan fingerprint density at radius 3 is 2.44 bits per heavy atom. The first-order valence-corrected chi connectivity index (χ1v) is 7.03. The van der Waals surface area contributed by atoms with E-state index in [1.807, 2.05) is 0 Å². The van der Waals surface area contributed by atoms with Crippen molar-refractivity contribution in [3.63, 3.8) is 0 Å². The van der Waals surface area contributed by atoms with E-state index in [0.717, 1.165) is 18.4 Å².